The van der Waals surface area contributed by atoms with E-state index in [9.17, 15) is 13.2 Å². The molecule has 0 radical (unpaired) electrons. The summed E-state index contributed by atoms with van der Waals surface area (Å²) < 4.78 is 23.3. The molecule has 2 rings (SSSR count). The highest BCUT2D eigenvalue weighted by molar-refractivity contribution is 7.90. The summed E-state index contributed by atoms with van der Waals surface area (Å²) in [4.78, 5) is 14.5. The number of benzene rings is 2. The molecule has 0 unspecified atom stereocenters. The molecule has 5 nitrogen and oxygen atoms in total. The van der Waals surface area contributed by atoms with Gasteiger partial charge in [0.25, 0.3) is 5.91 Å². The number of sulfone groups is 1. The minimum atomic E-state index is -3.35. The standard InChI is InChI=1S/C17H20N2O3S/c1-12-5-10-15(23(4,21)22)11-16(12)17(20)18-13-6-8-14(9-7-13)19(2)3/h5-11H,1-4H3,(H,18,20). The fraction of sp³-hybridized carbons (Fsp3) is 0.235. The van der Waals surface area contributed by atoms with Gasteiger partial charge in [-0.05, 0) is 48.9 Å². The number of anilines is 2. The number of nitrogens with zero attached hydrogens (tertiary/aromatic N) is 1. The third-order valence-electron chi connectivity index (χ3n) is 3.52. The molecule has 0 bridgehead atoms. The molecule has 122 valence electrons. The van der Waals surface area contributed by atoms with Gasteiger partial charge in [0.2, 0.25) is 0 Å². The number of carbonyl (C=O) groups excluding carboxylic acids is 1. The second-order valence-corrected chi connectivity index (χ2v) is 7.66. The van der Waals surface area contributed by atoms with Crippen LogP contribution in [0.4, 0.5) is 11.4 Å². The molecule has 0 aromatic heterocycles. The number of carbonyl (C=O) groups is 1. The number of rotatable bonds is 4. The van der Waals surface area contributed by atoms with E-state index < -0.39 is 9.84 Å². The molecule has 0 heterocycles. The van der Waals surface area contributed by atoms with Gasteiger partial charge in [-0.15, -0.1) is 0 Å². The van der Waals surface area contributed by atoms with E-state index in [2.05, 4.69) is 5.32 Å². The van der Waals surface area contributed by atoms with Crippen LogP contribution in [-0.2, 0) is 9.84 Å². The zero-order chi connectivity index (χ0) is 17.2. The van der Waals surface area contributed by atoms with Crippen molar-refractivity contribution in [1.82, 2.24) is 0 Å². The summed E-state index contributed by atoms with van der Waals surface area (Å²) in [5, 5.41) is 2.79. The summed E-state index contributed by atoms with van der Waals surface area (Å²) in [6.07, 6.45) is 1.12. The largest absolute Gasteiger partial charge is 0.378 e. The molecule has 2 aromatic carbocycles. The van der Waals surface area contributed by atoms with Crippen LogP contribution in [-0.4, -0.2) is 34.7 Å². The van der Waals surface area contributed by atoms with Crippen LogP contribution >= 0.6 is 0 Å². The van der Waals surface area contributed by atoms with Crippen molar-refractivity contribution in [3.63, 3.8) is 0 Å². The van der Waals surface area contributed by atoms with E-state index >= 15 is 0 Å². The zero-order valence-electron chi connectivity index (χ0n) is 13.6. The fourth-order valence-electron chi connectivity index (χ4n) is 2.12. The van der Waals surface area contributed by atoms with Crippen LogP contribution in [0.1, 0.15) is 15.9 Å². The van der Waals surface area contributed by atoms with Gasteiger partial charge in [-0.3, -0.25) is 4.79 Å². The summed E-state index contributed by atoms with van der Waals surface area (Å²) in [6.45, 7) is 1.77. The Balaban J connectivity index is 2.27. The van der Waals surface area contributed by atoms with E-state index in [1.807, 2.05) is 43.3 Å². The second-order valence-electron chi connectivity index (χ2n) is 5.64. The Morgan fingerprint density at radius 2 is 1.65 bits per heavy atom. The van der Waals surface area contributed by atoms with Crippen molar-refractivity contribution in [1.29, 1.82) is 0 Å². The van der Waals surface area contributed by atoms with E-state index in [4.69, 9.17) is 0 Å². The van der Waals surface area contributed by atoms with Crippen molar-refractivity contribution in [2.75, 3.05) is 30.6 Å². The summed E-state index contributed by atoms with van der Waals surface area (Å²) in [7, 11) is 0.527. The Morgan fingerprint density at radius 1 is 1.04 bits per heavy atom. The normalized spacial score (nSPS) is 11.1. The van der Waals surface area contributed by atoms with Crippen LogP contribution < -0.4 is 10.2 Å². The Bertz CT molecular complexity index is 825. The highest BCUT2D eigenvalue weighted by atomic mass is 32.2. The molecule has 0 fully saturated rings. The van der Waals surface area contributed by atoms with Gasteiger partial charge in [0, 0.05) is 37.3 Å². The van der Waals surface area contributed by atoms with Gasteiger partial charge in [-0.25, -0.2) is 8.42 Å². The van der Waals surface area contributed by atoms with E-state index in [1.165, 1.54) is 12.1 Å². The summed E-state index contributed by atoms with van der Waals surface area (Å²) in [6, 6.07) is 12.0. The smallest absolute Gasteiger partial charge is 0.255 e. The van der Waals surface area contributed by atoms with Crippen LogP contribution in [0.25, 0.3) is 0 Å². The molecule has 23 heavy (non-hydrogen) atoms. The maximum Gasteiger partial charge on any atom is 0.255 e. The third kappa shape index (κ3) is 4.10. The topological polar surface area (TPSA) is 66.5 Å². The van der Waals surface area contributed by atoms with E-state index in [0.29, 0.717) is 11.3 Å². The highest BCUT2D eigenvalue weighted by Gasteiger charge is 2.14. The number of hydrogen-bond donors (Lipinski definition) is 1. The first-order chi connectivity index (χ1) is 10.7. The van der Waals surface area contributed by atoms with Crippen LogP contribution in [0, 0.1) is 6.92 Å². The maximum absolute atomic E-state index is 12.4. The molecule has 0 aliphatic heterocycles. The third-order valence-corrected chi connectivity index (χ3v) is 4.63. The maximum atomic E-state index is 12.4. The number of aryl methyl sites for hydroxylation is 1. The van der Waals surface area contributed by atoms with Gasteiger partial charge >= 0.3 is 0 Å². The molecular formula is C17H20N2O3S. The summed E-state index contributed by atoms with van der Waals surface area (Å²) in [5.74, 6) is -0.328. The van der Waals surface area contributed by atoms with E-state index in [1.54, 1.807) is 13.0 Å². The van der Waals surface area contributed by atoms with Crippen molar-refractivity contribution < 1.29 is 13.2 Å². The quantitative estimate of drug-likeness (QED) is 0.935. The Morgan fingerprint density at radius 3 is 2.17 bits per heavy atom. The van der Waals surface area contributed by atoms with Crippen molar-refractivity contribution in [3.8, 4) is 0 Å². The summed E-state index contributed by atoms with van der Waals surface area (Å²) >= 11 is 0. The SMILES string of the molecule is Cc1ccc(S(C)(=O)=O)cc1C(=O)Nc1ccc(N(C)C)cc1. The first-order valence-electron chi connectivity index (χ1n) is 7.08. The van der Waals surface area contributed by atoms with Crippen LogP contribution in [0.5, 0.6) is 0 Å². The molecule has 0 aliphatic rings. The first-order valence-corrected chi connectivity index (χ1v) is 8.97. The minimum absolute atomic E-state index is 0.135. The lowest BCUT2D eigenvalue weighted by atomic mass is 10.1. The molecule has 0 atom stereocenters. The molecule has 1 N–H and O–H groups in total. The molecule has 0 aliphatic carbocycles. The van der Waals surface area contributed by atoms with Gasteiger partial charge in [0.15, 0.2) is 9.84 Å². The predicted octanol–water partition coefficient (Wildman–Crippen LogP) is 2.72. The lowest BCUT2D eigenvalue weighted by molar-refractivity contribution is 0.102. The van der Waals surface area contributed by atoms with E-state index in [-0.39, 0.29) is 10.8 Å². The second kappa shape index (κ2) is 6.42. The van der Waals surface area contributed by atoms with Crippen molar-refractivity contribution in [3.05, 3.63) is 53.6 Å². The Hall–Kier alpha value is -2.34. The van der Waals surface area contributed by atoms with E-state index in [0.717, 1.165) is 17.5 Å². The lowest BCUT2D eigenvalue weighted by Crippen LogP contribution is -2.14. The van der Waals surface area contributed by atoms with Crippen molar-refractivity contribution in [2.24, 2.45) is 0 Å². The molecular weight excluding hydrogens is 312 g/mol. The van der Waals surface area contributed by atoms with Gasteiger partial charge < -0.3 is 10.2 Å². The van der Waals surface area contributed by atoms with Gasteiger partial charge in [-0.1, -0.05) is 6.07 Å². The summed E-state index contributed by atoms with van der Waals surface area (Å²) in [5.41, 5.74) is 2.76. The lowest BCUT2D eigenvalue weighted by Gasteiger charge is -2.13. The van der Waals surface area contributed by atoms with Gasteiger partial charge in [0.1, 0.15) is 0 Å². The fourth-order valence-corrected chi connectivity index (χ4v) is 2.76. The highest BCUT2D eigenvalue weighted by Crippen LogP contribution is 2.19. The average Bonchev–Trinajstić information content (AvgIpc) is 2.46. The molecule has 6 heteroatoms. The molecule has 1 amide bonds. The van der Waals surface area contributed by atoms with Crippen LogP contribution in [0.2, 0.25) is 0 Å². The van der Waals surface area contributed by atoms with Gasteiger partial charge in [0.05, 0.1) is 4.90 Å². The first kappa shape index (κ1) is 17.0. The number of amides is 1. The average molecular weight is 332 g/mol. The zero-order valence-corrected chi connectivity index (χ0v) is 14.4. The number of nitrogens with one attached hydrogen (secondary N) is 1. The van der Waals surface area contributed by atoms with Crippen LogP contribution in [0.3, 0.4) is 0 Å². The van der Waals surface area contributed by atoms with Crippen molar-refractivity contribution >= 4 is 27.1 Å². The molecule has 0 spiro atoms. The Kier molecular flexibility index (Phi) is 4.75. The minimum Gasteiger partial charge on any atom is -0.378 e. The molecule has 0 saturated heterocycles. The van der Waals surface area contributed by atoms with Crippen LogP contribution in [0.15, 0.2) is 47.4 Å². The molecule has 2 aromatic rings. The Labute approximate surface area is 136 Å². The van der Waals surface area contributed by atoms with Crippen molar-refractivity contribution in [2.45, 2.75) is 11.8 Å². The monoisotopic (exact) mass is 332 g/mol. The van der Waals surface area contributed by atoms with Gasteiger partial charge in [-0.2, -0.15) is 0 Å². The molecule has 0 saturated carbocycles. The number of hydrogen-bond acceptors (Lipinski definition) is 4. The predicted molar refractivity (Wildman–Crippen MR) is 93.0 cm³/mol.